The number of rotatable bonds is 5. The molecule has 0 N–H and O–H groups in total. The second-order valence-electron chi connectivity index (χ2n) is 8.37. The maximum Gasteiger partial charge on any atom is 0.180 e. The van der Waals surface area contributed by atoms with Gasteiger partial charge in [0.05, 0.1) is 10.6 Å². The molecule has 0 radical (unpaired) electrons. The predicted molar refractivity (Wildman–Crippen MR) is 99.0 cm³/mol. The first-order chi connectivity index (χ1) is 11.9. The van der Waals surface area contributed by atoms with Crippen molar-refractivity contribution in [2.45, 2.75) is 39.7 Å². The molecule has 7 heteroatoms. The Kier molecular flexibility index (Phi) is 4.89. The van der Waals surface area contributed by atoms with E-state index in [0.717, 1.165) is 24.8 Å². The summed E-state index contributed by atoms with van der Waals surface area (Å²) in [6, 6.07) is 2.26. The van der Waals surface area contributed by atoms with E-state index in [1.54, 1.807) is 0 Å². The lowest BCUT2D eigenvalue weighted by Gasteiger charge is -2.61. The van der Waals surface area contributed by atoms with E-state index in [-0.39, 0.29) is 22.4 Å². The van der Waals surface area contributed by atoms with Gasteiger partial charge in [-0.3, -0.25) is 4.79 Å². The van der Waals surface area contributed by atoms with Gasteiger partial charge in [-0.2, -0.15) is 0 Å². The molecule has 26 heavy (non-hydrogen) atoms. The van der Waals surface area contributed by atoms with Crippen molar-refractivity contribution in [3.8, 4) is 5.75 Å². The maximum atomic E-state index is 14.4. The molecule has 2 bridgehead atoms. The van der Waals surface area contributed by atoms with Crippen LogP contribution >= 0.6 is 11.6 Å². The lowest BCUT2D eigenvalue weighted by Crippen LogP contribution is -2.57. The van der Waals surface area contributed by atoms with Crippen LogP contribution in [0.15, 0.2) is 12.1 Å². The fourth-order valence-electron chi connectivity index (χ4n) is 4.57. The number of sulfone groups is 1. The van der Waals surface area contributed by atoms with Crippen molar-refractivity contribution in [1.29, 1.82) is 0 Å². The van der Waals surface area contributed by atoms with Crippen molar-refractivity contribution in [2.24, 2.45) is 23.2 Å². The van der Waals surface area contributed by atoms with Crippen molar-refractivity contribution in [3.63, 3.8) is 0 Å². The smallest absolute Gasteiger partial charge is 0.180 e. The van der Waals surface area contributed by atoms with E-state index in [9.17, 15) is 17.6 Å². The molecule has 4 rings (SSSR count). The molecule has 0 unspecified atom stereocenters. The highest BCUT2D eigenvalue weighted by Crippen LogP contribution is 2.61. The highest BCUT2D eigenvalue weighted by molar-refractivity contribution is 7.91. The van der Waals surface area contributed by atoms with Gasteiger partial charge in [-0.15, -0.1) is 0 Å². The van der Waals surface area contributed by atoms with E-state index in [2.05, 4.69) is 20.8 Å². The molecule has 0 saturated heterocycles. The molecular formula is C19H24ClFO4S. The second kappa shape index (κ2) is 6.48. The SMILES string of the molecule is C[C@@H]1[C@@H](Oc2cc(F)c(C(=O)CS(C)(=O)=O)cc2Cl)C[C@H]2C[C@@H]1C2(C)C. The molecule has 3 aliphatic carbocycles. The molecule has 4 atom stereocenters. The fourth-order valence-corrected chi connectivity index (χ4v) is 5.41. The third kappa shape index (κ3) is 3.50. The Bertz CT molecular complexity index is 849. The van der Waals surface area contributed by atoms with Crippen LogP contribution in [0.2, 0.25) is 5.02 Å². The van der Waals surface area contributed by atoms with Crippen molar-refractivity contribution in [1.82, 2.24) is 0 Å². The Balaban J connectivity index is 1.78. The normalized spacial score (nSPS) is 29.8. The lowest BCUT2D eigenvalue weighted by atomic mass is 9.45. The number of carbonyl (C=O) groups is 1. The third-order valence-corrected chi connectivity index (χ3v) is 7.36. The number of benzene rings is 1. The first kappa shape index (κ1) is 19.6. The Morgan fingerprint density at radius 1 is 1.35 bits per heavy atom. The van der Waals surface area contributed by atoms with Crippen molar-refractivity contribution in [3.05, 3.63) is 28.5 Å². The summed E-state index contributed by atoms with van der Waals surface area (Å²) in [4.78, 5) is 12.0. The van der Waals surface area contributed by atoms with Gasteiger partial charge < -0.3 is 4.74 Å². The maximum absolute atomic E-state index is 14.4. The van der Waals surface area contributed by atoms with Crippen LogP contribution < -0.4 is 4.74 Å². The topological polar surface area (TPSA) is 60.4 Å². The third-order valence-electron chi connectivity index (χ3n) is 6.28. The van der Waals surface area contributed by atoms with E-state index in [1.165, 1.54) is 6.42 Å². The molecule has 3 saturated carbocycles. The monoisotopic (exact) mass is 402 g/mol. The molecule has 3 fully saturated rings. The largest absolute Gasteiger partial charge is 0.488 e. The minimum atomic E-state index is -3.54. The van der Waals surface area contributed by atoms with Crippen LogP contribution in [0.1, 0.15) is 44.0 Å². The van der Waals surface area contributed by atoms with Gasteiger partial charge in [-0.1, -0.05) is 32.4 Å². The zero-order valence-corrected chi connectivity index (χ0v) is 17.0. The Morgan fingerprint density at radius 3 is 2.54 bits per heavy atom. The van der Waals surface area contributed by atoms with Gasteiger partial charge in [-0.25, -0.2) is 12.8 Å². The summed E-state index contributed by atoms with van der Waals surface area (Å²) in [6.07, 6.45) is 2.99. The van der Waals surface area contributed by atoms with E-state index in [4.69, 9.17) is 16.3 Å². The molecule has 1 aromatic carbocycles. The molecule has 0 heterocycles. The number of carbonyl (C=O) groups excluding carboxylic acids is 1. The molecule has 3 aliphatic rings. The second-order valence-corrected chi connectivity index (χ2v) is 10.9. The fraction of sp³-hybridized carbons (Fsp3) is 0.632. The van der Waals surface area contributed by atoms with Gasteiger partial charge >= 0.3 is 0 Å². The number of Topliss-reactive ketones (excluding diaryl/α,β-unsaturated/α-hetero) is 1. The van der Waals surface area contributed by atoms with Crippen LogP contribution in [-0.4, -0.2) is 32.3 Å². The Labute approximate surface area is 159 Å². The van der Waals surface area contributed by atoms with Crippen LogP contribution in [0.3, 0.4) is 0 Å². The average Bonchev–Trinajstić information content (AvgIpc) is 2.49. The first-order valence-corrected chi connectivity index (χ1v) is 11.2. The van der Waals surface area contributed by atoms with E-state index in [0.29, 0.717) is 23.2 Å². The van der Waals surface area contributed by atoms with Gasteiger partial charge in [0.2, 0.25) is 0 Å². The number of fused-ring (bicyclic) bond motifs is 2. The summed E-state index contributed by atoms with van der Waals surface area (Å²) < 4.78 is 42.9. The summed E-state index contributed by atoms with van der Waals surface area (Å²) in [7, 11) is -3.54. The molecule has 4 nitrogen and oxygen atoms in total. The zero-order valence-electron chi connectivity index (χ0n) is 15.4. The number of hydrogen-bond acceptors (Lipinski definition) is 4. The van der Waals surface area contributed by atoms with Crippen molar-refractivity contribution >= 4 is 27.2 Å². The summed E-state index contributed by atoms with van der Waals surface area (Å²) in [6.45, 7) is 6.72. The Morgan fingerprint density at radius 2 is 2.00 bits per heavy atom. The lowest BCUT2D eigenvalue weighted by molar-refractivity contribution is -0.147. The zero-order chi connectivity index (χ0) is 19.4. The molecule has 0 spiro atoms. The number of ketones is 1. The molecule has 0 amide bonds. The number of ether oxygens (including phenoxy) is 1. The van der Waals surface area contributed by atoms with Crippen molar-refractivity contribution in [2.75, 3.05) is 12.0 Å². The molecular weight excluding hydrogens is 379 g/mol. The van der Waals surface area contributed by atoms with Crippen LogP contribution in [-0.2, 0) is 9.84 Å². The molecule has 0 aliphatic heterocycles. The standard InChI is InChI=1S/C19H24ClFO4S/c1-10-13-5-11(19(13,2)3)6-17(10)25-18-8-15(21)12(7-14(18)20)16(22)9-26(4,23)24/h7-8,10-11,13,17H,5-6,9H2,1-4H3/t10-,11+,13-,17-/m0/s1. The summed E-state index contributed by atoms with van der Waals surface area (Å²) in [5.74, 6) is -0.673. The highest BCUT2D eigenvalue weighted by Gasteiger charge is 2.57. The quantitative estimate of drug-likeness (QED) is 0.694. The first-order valence-electron chi connectivity index (χ1n) is 8.76. The van der Waals surface area contributed by atoms with Crippen LogP contribution in [0.5, 0.6) is 5.75 Å². The van der Waals surface area contributed by atoms with Gasteiger partial charge in [0.15, 0.2) is 15.6 Å². The van der Waals surface area contributed by atoms with E-state index < -0.39 is 27.2 Å². The molecule has 1 aromatic rings. The molecule has 144 valence electrons. The van der Waals surface area contributed by atoms with Crippen molar-refractivity contribution < 1.29 is 22.3 Å². The summed E-state index contributed by atoms with van der Waals surface area (Å²) in [5, 5.41) is 0.119. The molecule has 0 aromatic heterocycles. The minimum Gasteiger partial charge on any atom is -0.488 e. The van der Waals surface area contributed by atoms with Gasteiger partial charge in [0.25, 0.3) is 0 Å². The Hall–Kier alpha value is -1.14. The van der Waals surface area contributed by atoms with Crippen LogP contribution in [0, 0.1) is 29.0 Å². The number of halogens is 2. The predicted octanol–water partition coefficient (Wildman–Crippen LogP) is 4.16. The minimum absolute atomic E-state index is 0.0405. The summed E-state index contributed by atoms with van der Waals surface area (Å²) >= 11 is 6.19. The van der Waals surface area contributed by atoms with Crippen LogP contribution in [0.25, 0.3) is 0 Å². The van der Waals surface area contributed by atoms with Gasteiger partial charge in [0.1, 0.15) is 23.4 Å². The summed E-state index contributed by atoms with van der Waals surface area (Å²) in [5.41, 5.74) is -0.00979. The van der Waals surface area contributed by atoms with E-state index >= 15 is 0 Å². The van der Waals surface area contributed by atoms with Crippen LogP contribution in [0.4, 0.5) is 4.39 Å². The van der Waals surface area contributed by atoms with E-state index in [1.807, 2.05) is 0 Å². The average molecular weight is 403 g/mol. The van der Waals surface area contributed by atoms with Gasteiger partial charge in [0, 0.05) is 12.3 Å². The van der Waals surface area contributed by atoms with Gasteiger partial charge in [-0.05, 0) is 42.1 Å². The highest BCUT2D eigenvalue weighted by atomic mass is 35.5. The number of hydrogen-bond donors (Lipinski definition) is 0.